The molecule has 0 amide bonds. The summed E-state index contributed by atoms with van der Waals surface area (Å²) in [5, 5.41) is 1.21. The lowest BCUT2D eigenvalue weighted by Gasteiger charge is -2.32. The zero-order valence-electron chi connectivity index (χ0n) is 38.9. The third-order valence-electron chi connectivity index (χ3n) is 13.5. The van der Waals surface area contributed by atoms with Gasteiger partial charge in [-0.2, -0.15) is 0 Å². The van der Waals surface area contributed by atoms with Crippen LogP contribution < -0.4 is 19.3 Å². The maximum atomic E-state index is 6.60. The molecule has 0 N–H and O–H groups in total. The van der Waals surface area contributed by atoms with Crippen LogP contribution in [0.3, 0.4) is 0 Å². The summed E-state index contributed by atoms with van der Waals surface area (Å²) in [7, 11) is 0. The fourth-order valence-corrected chi connectivity index (χ4v) is 9.82. The molecule has 0 bridgehead atoms. The van der Waals surface area contributed by atoms with Crippen molar-refractivity contribution in [1.82, 2.24) is 0 Å². The largest absolute Gasteiger partial charge is 0.491 e. The van der Waals surface area contributed by atoms with E-state index in [2.05, 4.69) is 152 Å². The van der Waals surface area contributed by atoms with Gasteiger partial charge in [0.2, 0.25) is 11.8 Å². The van der Waals surface area contributed by atoms with E-state index in [0.29, 0.717) is 0 Å². The van der Waals surface area contributed by atoms with E-state index in [0.717, 1.165) is 91.7 Å². The number of aryl methyl sites for hydroxylation is 6. The first-order chi connectivity index (χ1) is 31.8. The predicted octanol–water partition coefficient (Wildman–Crippen LogP) is 16.0. The smallest absolute Gasteiger partial charge is 0.209 e. The number of fused-ring (bicyclic) bond motifs is 7. The van der Waals surface area contributed by atoms with Gasteiger partial charge in [0.1, 0.15) is 17.1 Å². The molecule has 5 heteroatoms. The zero-order chi connectivity index (χ0) is 44.9. The van der Waals surface area contributed by atoms with Crippen molar-refractivity contribution in [2.75, 3.05) is 16.4 Å². The molecule has 0 unspecified atom stereocenters. The van der Waals surface area contributed by atoms with Gasteiger partial charge in [0.25, 0.3) is 0 Å². The summed E-state index contributed by atoms with van der Waals surface area (Å²) < 4.78 is 19.3. The van der Waals surface area contributed by atoms with Crippen LogP contribution in [0, 0.1) is 20.8 Å². The van der Waals surface area contributed by atoms with Gasteiger partial charge in [-0.1, -0.05) is 109 Å². The molecule has 4 heterocycles. The van der Waals surface area contributed by atoms with Gasteiger partial charge < -0.3 is 13.9 Å². The number of anilines is 5. The van der Waals surface area contributed by atoms with E-state index in [4.69, 9.17) is 13.9 Å². The summed E-state index contributed by atoms with van der Waals surface area (Å²) in [6, 6.07) is 43.1. The summed E-state index contributed by atoms with van der Waals surface area (Å²) in [6.07, 6.45) is 17.1. The van der Waals surface area contributed by atoms with Crippen LogP contribution in [-0.2, 0) is 38.5 Å². The minimum absolute atomic E-state index is 0.770. The minimum atomic E-state index is 0.770. The van der Waals surface area contributed by atoms with Crippen molar-refractivity contribution in [2.45, 2.75) is 98.8 Å². The molecule has 1 aliphatic carbocycles. The third-order valence-corrected chi connectivity index (χ3v) is 13.5. The Morgan fingerprint density at radius 1 is 0.585 bits per heavy atom. The van der Waals surface area contributed by atoms with Gasteiger partial charge in [0.15, 0.2) is 0 Å². The number of hydrogen-bond donors (Lipinski definition) is 0. The highest BCUT2D eigenvalue weighted by atomic mass is 16.5. The fourth-order valence-electron chi connectivity index (χ4n) is 9.82. The molecule has 0 atom stereocenters. The lowest BCUT2D eigenvalue weighted by molar-refractivity contribution is 0.289. The number of ether oxygens (including phenoxy) is 2. The lowest BCUT2D eigenvalue weighted by Crippen LogP contribution is -2.24. The Labute approximate surface area is 386 Å². The number of furan rings is 1. The van der Waals surface area contributed by atoms with Gasteiger partial charge in [-0.15, -0.1) is 0 Å². The summed E-state index contributed by atoms with van der Waals surface area (Å²) in [5.41, 5.74) is 19.2. The van der Waals surface area contributed by atoms with Crippen molar-refractivity contribution >= 4 is 39.6 Å². The average molecular weight is 859 g/mol. The predicted molar refractivity (Wildman–Crippen MR) is 271 cm³/mol. The van der Waals surface area contributed by atoms with E-state index >= 15 is 0 Å². The monoisotopic (exact) mass is 858 g/mol. The van der Waals surface area contributed by atoms with Crippen LogP contribution in [0.15, 0.2) is 162 Å². The van der Waals surface area contributed by atoms with Crippen molar-refractivity contribution in [1.29, 1.82) is 0 Å². The Kier molecular flexibility index (Phi) is 13.1. The van der Waals surface area contributed by atoms with Crippen LogP contribution in [0.25, 0.3) is 11.0 Å². The van der Waals surface area contributed by atoms with Gasteiger partial charge in [-0.25, -0.2) is 0 Å². The van der Waals surface area contributed by atoms with Crippen molar-refractivity contribution in [3.63, 3.8) is 0 Å². The normalized spacial score (nSPS) is 15.1. The highest BCUT2D eigenvalue weighted by Crippen LogP contribution is 2.50. The standard InChI is InChI=1S/C28H29NO.C26H23NO2.C6H10/c1-20-18-19-26(24-14-6-5-13-23(20)24)29-25-15-7-4-11-22(25)12-9-17-28(29)30-27-16-8-3-10-21(27)2;1-17-12-15-23(25-19(17)9-6-16-28-25)27-22-10-4-2-7-18(22)13-14-21-20-8-3-5-11-24(20)29-26(21)27;1-4-6(3)5-2/h3-4,7-8,10-11,15-19H,5-6,9,12-14H2,1-2H3;2-5,7-8,10-12,15H,6,9,13-14,16H2,1H3;4-5H,1H2,2-3H3/b;;6-5-. The second-order valence-electron chi connectivity index (χ2n) is 17.7. The van der Waals surface area contributed by atoms with E-state index in [1.165, 1.54) is 91.8 Å². The first kappa shape index (κ1) is 43.5. The Bertz CT molecular complexity index is 2910. The van der Waals surface area contributed by atoms with Crippen molar-refractivity contribution in [2.24, 2.45) is 0 Å². The Morgan fingerprint density at radius 2 is 1.23 bits per heavy atom. The molecule has 6 aromatic carbocycles. The highest BCUT2D eigenvalue weighted by Gasteiger charge is 2.31. The quantitative estimate of drug-likeness (QED) is 0.161. The van der Waals surface area contributed by atoms with E-state index in [-0.39, 0.29) is 0 Å². The molecule has 5 nitrogen and oxygen atoms in total. The number of allylic oxidation sites excluding steroid dienone is 4. The van der Waals surface area contributed by atoms with Crippen LogP contribution in [-0.4, -0.2) is 6.61 Å². The Hall–Kier alpha value is -6.72. The minimum Gasteiger partial charge on any atom is -0.491 e. The molecule has 4 aliphatic rings. The van der Waals surface area contributed by atoms with Gasteiger partial charge in [0.05, 0.1) is 29.4 Å². The van der Waals surface area contributed by atoms with Gasteiger partial charge in [0, 0.05) is 10.9 Å². The number of rotatable bonds is 5. The second kappa shape index (κ2) is 19.6. The summed E-state index contributed by atoms with van der Waals surface area (Å²) in [5.74, 6) is 3.79. The number of para-hydroxylation sites is 4. The summed E-state index contributed by atoms with van der Waals surface area (Å²) in [4.78, 5) is 4.67. The van der Waals surface area contributed by atoms with Crippen molar-refractivity contribution in [3.8, 4) is 11.5 Å². The van der Waals surface area contributed by atoms with Crippen LogP contribution in [0.5, 0.6) is 11.5 Å². The number of hydrogen-bond acceptors (Lipinski definition) is 5. The lowest BCUT2D eigenvalue weighted by atomic mass is 9.87. The van der Waals surface area contributed by atoms with Crippen LogP contribution in [0.4, 0.5) is 28.6 Å². The molecule has 0 saturated heterocycles. The van der Waals surface area contributed by atoms with Gasteiger partial charge >= 0.3 is 0 Å². The number of benzene rings is 6. The summed E-state index contributed by atoms with van der Waals surface area (Å²) >= 11 is 0. The van der Waals surface area contributed by atoms with E-state index in [9.17, 15) is 0 Å². The SMILES string of the molecule is C=C/C(C)=C\C.Cc1ccc(N2c3ccccc3CCc3c2oc2ccccc32)c2c1CCCO2.Cc1ccccc1OC1=CCCc2ccccc2N1c1ccc(C)c2c1CCCC2. The molecule has 0 fully saturated rings. The first-order valence-corrected chi connectivity index (χ1v) is 23.7. The Morgan fingerprint density at radius 3 is 1.98 bits per heavy atom. The molecule has 1 aromatic heterocycles. The highest BCUT2D eigenvalue weighted by molar-refractivity contribution is 5.92. The van der Waals surface area contributed by atoms with Crippen molar-refractivity contribution in [3.05, 3.63) is 208 Å². The molecule has 0 spiro atoms. The van der Waals surface area contributed by atoms with E-state index in [1.54, 1.807) is 0 Å². The van der Waals surface area contributed by atoms with E-state index < -0.39 is 0 Å². The molecule has 65 heavy (non-hydrogen) atoms. The van der Waals surface area contributed by atoms with Gasteiger partial charge in [-0.3, -0.25) is 9.80 Å². The topological polar surface area (TPSA) is 38.1 Å². The summed E-state index contributed by atoms with van der Waals surface area (Å²) in [6.45, 7) is 14.9. The second-order valence-corrected chi connectivity index (χ2v) is 17.7. The maximum absolute atomic E-state index is 6.60. The fraction of sp³-hybridized carbons (Fsp3) is 0.267. The molecule has 3 aliphatic heterocycles. The molecule has 0 saturated carbocycles. The number of nitrogens with zero attached hydrogens (tertiary/aromatic N) is 2. The van der Waals surface area contributed by atoms with Crippen LogP contribution >= 0.6 is 0 Å². The van der Waals surface area contributed by atoms with Crippen LogP contribution in [0.1, 0.15) is 89.6 Å². The average Bonchev–Trinajstić information content (AvgIpc) is 3.50. The first-order valence-electron chi connectivity index (χ1n) is 23.7. The zero-order valence-corrected chi connectivity index (χ0v) is 38.9. The van der Waals surface area contributed by atoms with Crippen LogP contribution in [0.2, 0.25) is 0 Å². The molecule has 7 aromatic rings. The Balaban J connectivity index is 0.000000146. The molecule has 0 radical (unpaired) electrons. The maximum Gasteiger partial charge on any atom is 0.209 e. The van der Waals surface area contributed by atoms with E-state index in [1.807, 2.05) is 38.1 Å². The van der Waals surface area contributed by atoms with Gasteiger partial charge in [-0.05, 0) is 186 Å². The molecular formula is C60H62N2O3. The molecule has 330 valence electrons. The third kappa shape index (κ3) is 8.90. The molecule has 11 rings (SSSR count). The molecular weight excluding hydrogens is 797 g/mol. The van der Waals surface area contributed by atoms with Crippen molar-refractivity contribution < 1.29 is 13.9 Å².